The van der Waals surface area contributed by atoms with E-state index in [-0.39, 0.29) is 29.7 Å². The summed E-state index contributed by atoms with van der Waals surface area (Å²) in [6, 6.07) is 6.18. The Morgan fingerprint density at radius 3 is 2.84 bits per heavy atom. The first kappa shape index (κ1) is 16.8. The molecular formula is C17H17FN4O3. The minimum absolute atomic E-state index is 0.0441. The van der Waals surface area contributed by atoms with Gasteiger partial charge < -0.3 is 9.84 Å². The molecule has 0 unspecified atom stereocenters. The minimum Gasteiger partial charge on any atom is -0.350 e. The Balaban J connectivity index is 1.81. The maximum atomic E-state index is 13.6. The number of carbonyl (C=O) groups is 1. The van der Waals surface area contributed by atoms with Crippen molar-refractivity contribution < 1.29 is 13.7 Å². The zero-order valence-electron chi connectivity index (χ0n) is 13.9. The number of nitrogens with zero attached hydrogens (tertiary/aromatic N) is 3. The van der Waals surface area contributed by atoms with Crippen LogP contribution in [0.3, 0.4) is 0 Å². The highest BCUT2D eigenvalue weighted by molar-refractivity contribution is 5.78. The maximum Gasteiger partial charge on any atom is 0.267 e. The summed E-state index contributed by atoms with van der Waals surface area (Å²) in [6.07, 6.45) is 0.520. The van der Waals surface area contributed by atoms with Crippen LogP contribution in [-0.4, -0.2) is 20.6 Å². The lowest BCUT2D eigenvalue weighted by molar-refractivity contribution is -0.121. The first-order valence-electron chi connectivity index (χ1n) is 7.87. The molecule has 0 bridgehead atoms. The van der Waals surface area contributed by atoms with Gasteiger partial charge in [-0.25, -0.2) is 4.39 Å². The summed E-state index contributed by atoms with van der Waals surface area (Å²) >= 11 is 0. The molecule has 130 valence electrons. The van der Waals surface area contributed by atoms with Crippen molar-refractivity contribution in [3.8, 4) is 0 Å². The van der Waals surface area contributed by atoms with Gasteiger partial charge >= 0.3 is 0 Å². The van der Waals surface area contributed by atoms with Crippen molar-refractivity contribution in [3.05, 3.63) is 57.5 Å². The average Bonchev–Trinajstić information content (AvgIpc) is 3.00. The Morgan fingerprint density at radius 1 is 1.36 bits per heavy atom. The second-order valence-electron chi connectivity index (χ2n) is 5.58. The molecule has 0 fully saturated rings. The predicted molar refractivity (Wildman–Crippen MR) is 88.4 cm³/mol. The third-order valence-corrected chi connectivity index (χ3v) is 3.93. The molecule has 0 aliphatic carbocycles. The first-order valence-corrected chi connectivity index (χ1v) is 7.87. The van der Waals surface area contributed by atoms with E-state index < -0.39 is 11.7 Å². The van der Waals surface area contributed by atoms with Crippen LogP contribution in [0.2, 0.25) is 0 Å². The van der Waals surface area contributed by atoms with Gasteiger partial charge in [0.25, 0.3) is 11.3 Å². The van der Waals surface area contributed by atoms with Crippen LogP contribution in [0, 0.1) is 12.7 Å². The fraction of sp³-hybridized carbons (Fsp3) is 0.294. The molecule has 25 heavy (non-hydrogen) atoms. The zero-order chi connectivity index (χ0) is 18.0. The summed E-state index contributed by atoms with van der Waals surface area (Å²) in [7, 11) is 0. The highest BCUT2D eigenvalue weighted by Gasteiger charge is 2.18. The van der Waals surface area contributed by atoms with Gasteiger partial charge in [-0.05, 0) is 19.4 Å². The fourth-order valence-corrected chi connectivity index (χ4v) is 2.56. The molecule has 0 atom stereocenters. The molecule has 0 spiro atoms. The van der Waals surface area contributed by atoms with Crippen LogP contribution in [0.25, 0.3) is 11.1 Å². The van der Waals surface area contributed by atoms with Crippen LogP contribution >= 0.6 is 0 Å². The summed E-state index contributed by atoms with van der Waals surface area (Å²) in [5.74, 6) is -0.460. The Hall–Kier alpha value is -3.03. The van der Waals surface area contributed by atoms with Crippen molar-refractivity contribution in [2.45, 2.75) is 33.4 Å². The molecule has 2 aromatic heterocycles. The van der Waals surface area contributed by atoms with Crippen LogP contribution in [0.15, 0.2) is 33.6 Å². The number of carbonyl (C=O) groups excluding carboxylic acids is 1. The van der Waals surface area contributed by atoms with Gasteiger partial charge in [-0.1, -0.05) is 30.3 Å². The molecule has 7 nitrogen and oxygen atoms in total. The second-order valence-corrected chi connectivity index (χ2v) is 5.58. The number of amides is 1. The lowest BCUT2D eigenvalue weighted by atomic mass is 10.2. The van der Waals surface area contributed by atoms with E-state index in [2.05, 4.69) is 15.5 Å². The Labute approximate surface area is 142 Å². The summed E-state index contributed by atoms with van der Waals surface area (Å²) in [4.78, 5) is 29.0. The fourth-order valence-electron chi connectivity index (χ4n) is 2.56. The third-order valence-electron chi connectivity index (χ3n) is 3.93. The Bertz CT molecular complexity index is 993. The number of nitrogens with one attached hydrogen (secondary N) is 1. The summed E-state index contributed by atoms with van der Waals surface area (Å²) in [5, 5.41) is 6.72. The standard InChI is InChI=1S/C17H17FN4O3/c1-3-13-15-16(25-21-13)20-10(2)22(17(15)24)9-14(23)19-8-11-6-4-5-7-12(11)18/h4-7H,3,8-9H2,1-2H3,(H,19,23). The summed E-state index contributed by atoms with van der Waals surface area (Å²) in [6.45, 7) is 3.29. The first-order chi connectivity index (χ1) is 12.0. The summed E-state index contributed by atoms with van der Waals surface area (Å²) in [5.41, 5.74) is 0.679. The van der Waals surface area contributed by atoms with E-state index >= 15 is 0 Å². The predicted octanol–water partition coefficient (Wildman–Crippen LogP) is 1.71. The van der Waals surface area contributed by atoms with Gasteiger partial charge in [0.2, 0.25) is 5.91 Å². The highest BCUT2D eigenvalue weighted by Crippen LogP contribution is 2.13. The molecule has 0 saturated heterocycles. The molecule has 0 radical (unpaired) electrons. The maximum absolute atomic E-state index is 13.6. The van der Waals surface area contributed by atoms with Gasteiger partial charge in [-0.3, -0.25) is 14.2 Å². The number of benzene rings is 1. The van der Waals surface area contributed by atoms with Crippen LogP contribution in [0.1, 0.15) is 24.0 Å². The van der Waals surface area contributed by atoms with Gasteiger partial charge in [-0.15, -0.1) is 0 Å². The van der Waals surface area contributed by atoms with E-state index in [1.54, 1.807) is 25.1 Å². The van der Waals surface area contributed by atoms with Crippen molar-refractivity contribution in [1.82, 2.24) is 20.0 Å². The van der Waals surface area contributed by atoms with Crippen molar-refractivity contribution in [3.63, 3.8) is 0 Å². The van der Waals surface area contributed by atoms with Gasteiger partial charge in [0, 0.05) is 12.1 Å². The van der Waals surface area contributed by atoms with Crippen LogP contribution in [0.4, 0.5) is 4.39 Å². The van der Waals surface area contributed by atoms with E-state index in [1.807, 2.05) is 6.92 Å². The van der Waals surface area contributed by atoms with E-state index in [9.17, 15) is 14.0 Å². The number of halogens is 1. The van der Waals surface area contributed by atoms with Crippen LogP contribution in [-0.2, 0) is 24.3 Å². The number of hydrogen-bond donors (Lipinski definition) is 1. The number of aromatic nitrogens is 3. The van der Waals surface area contributed by atoms with Gasteiger partial charge in [0.15, 0.2) is 0 Å². The van der Waals surface area contributed by atoms with E-state index in [0.29, 0.717) is 23.5 Å². The van der Waals surface area contributed by atoms with Crippen molar-refractivity contribution in [2.24, 2.45) is 0 Å². The smallest absolute Gasteiger partial charge is 0.267 e. The Morgan fingerprint density at radius 2 is 2.12 bits per heavy atom. The topological polar surface area (TPSA) is 90.0 Å². The second kappa shape index (κ2) is 6.84. The van der Waals surface area contributed by atoms with Gasteiger partial charge in [-0.2, -0.15) is 4.98 Å². The molecular weight excluding hydrogens is 327 g/mol. The van der Waals surface area contributed by atoms with Crippen molar-refractivity contribution >= 4 is 17.0 Å². The molecule has 0 aliphatic rings. The molecule has 8 heteroatoms. The average molecular weight is 344 g/mol. The molecule has 2 heterocycles. The molecule has 1 amide bonds. The molecule has 3 rings (SSSR count). The number of aryl methyl sites for hydroxylation is 2. The largest absolute Gasteiger partial charge is 0.350 e. The molecule has 0 saturated carbocycles. The van der Waals surface area contributed by atoms with Gasteiger partial charge in [0.1, 0.15) is 23.6 Å². The van der Waals surface area contributed by atoms with E-state index in [1.165, 1.54) is 10.6 Å². The molecule has 1 aromatic carbocycles. The SMILES string of the molecule is CCc1noc2nc(C)n(CC(=O)NCc3ccccc3F)c(=O)c12. The highest BCUT2D eigenvalue weighted by atomic mass is 19.1. The monoisotopic (exact) mass is 344 g/mol. The molecule has 1 N–H and O–H groups in total. The summed E-state index contributed by atoms with van der Waals surface area (Å²) < 4.78 is 19.9. The lowest BCUT2D eigenvalue weighted by Crippen LogP contribution is -2.34. The van der Waals surface area contributed by atoms with E-state index in [4.69, 9.17) is 4.52 Å². The number of hydrogen-bond acceptors (Lipinski definition) is 5. The minimum atomic E-state index is -0.413. The van der Waals surface area contributed by atoms with Crippen LogP contribution < -0.4 is 10.9 Å². The lowest BCUT2D eigenvalue weighted by Gasteiger charge is -2.10. The normalized spacial score (nSPS) is 11.0. The van der Waals surface area contributed by atoms with Crippen LogP contribution in [0.5, 0.6) is 0 Å². The Kier molecular flexibility index (Phi) is 4.60. The van der Waals surface area contributed by atoms with Crippen molar-refractivity contribution in [2.75, 3.05) is 0 Å². The number of fused-ring (bicyclic) bond motifs is 1. The van der Waals surface area contributed by atoms with Crippen molar-refractivity contribution in [1.29, 1.82) is 0 Å². The molecule has 3 aromatic rings. The quantitative estimate of drug-likeness (QED) is 0.761. The molecule has 0 aliphatic heterocycles. The third kappa shape index (κ3) is 3.28. The zero-order valence-corrected chi connectivity index (χ0v) is 13.9. The van der Waals surface area contributed by atoms with Gasteiger partial charge in [0.05, 0.1) is 5.69 Å². The van der Waals surface area contributed by atoms with E-state index in [0.717, 1.165) is 0 Å². The number of rotatable bonds is 5.